The van der Waals surface area contributed by atoms with E-state index in [0.29, 0.717) is 16.7 Å². The average molecular weight is 725 g/mol. The second kappa shape index (κ2) is 12.3. The third kappa shape index (κ3) is 4.68. The van der Waals surface area contributed by atoms with Crippen LogP contribution >= 0.6 is 0 Å². The number of para-hydroxylation sites is 4. The van der Waals surface area contributed by atoms with Gasteiger partial charge in [-0.1, -0.05) is 84.9 Å². The van der Waals surface area contributed by atoms with E-state index in [1.165, 1.54) is 10.8 Å². The van der Waals surface area contributed by atoms with Gasteiger partial charge in [-0.15, -0.1) is 0 Å². The second-order valence-electron chi connectivity index (χ2n) is 14.3. The van der Waals surface area contributed by atoms with Crippen molar-refractivity contribution in [2.24, 2.45) is 0 Å². The molecule has 6 nitrogen and oxygen atoms in total. The van der Waals surface area contributed by atoms with E-state index in [0.717, 1.165) is 82.8 Å². The molecule has 0 atom stereocenters. The lowest BCUT2D eigenvalue weighted by atomic mass is 9.96. The molecular formula is C51H28N6. The summed E-state index contributed by atoms with van der Waals surface area (Å²) >= 11 is 0. The maximum atomic E-state index is 10.8. The summed E-state index contributed by atoms with van der Waals surface area (Å²) < 4.78 is 6.74. The first-order valence-corrected chi connectivity index (χ1v) is 18.7. The Morgan fingerprint density at radius 3 is 1.39 bits per heavy atom. The Morgan fingerprint density at radius 1 is 0.316 bits per heavy atom. The highest BCUT2D eigenvalue weighted by molar-refractivity contribution is 6.13. The zero-order valence-electron chi connectivity index (χ0n) is 30.3. The van der Waals surface area contributed by atoms with Gasteiger partial charge in [-0.3, -0.25) is 0 Å². The van der Waals surface area contributed by atoms with Crippen LogP contribution in [0.25, 0.3) is 93.6 Å². The van der Waals surface area contributed by atoms with Crippen molar-refractivity contribution in [3.63, 3.8) is 0 Å². The fourth-order valence-corrected chi connectivity index (χ4v) is 8.89. The monoisotopic (exact) mass is 724 g/mol. The molecule has 0 amide bonds. The highest BCUT2D eigenvalue weighted by Crippen LogP contribution is 2.41. The molecule has 0 aliphatic heterocycles. The van der Waals surface area contributed by atoms with Gasteiger partial charge in [0.15, 0.2) is 0 Å². The highest BCUT2D eigenvalue weighted by atomic mass is 15.0. The van der Waals surface area contributed by atoms with Crippen molar-refractivity contribution in [3.05, 3.63) is 187 Å². The van der Waals surface area contributed by atoms with Crippen LogP contribution in [0.1, 0.15) is 16.7 Å². The van der Waals surface area contributed by atoms with Gasteiger partial charge in [0.2, 0.25) is 0 Å². The molecule has 6 heteroatoms. The molecule has 0 aliphatic rings. The van der Waals surface area contributed by atoms with Gasteiger partial charge in [0.05, 0.1) is 73.7 Å². The summed E-state index contributed by atoms with van der Waals surface area (Å²) in [5.41, 5.74) is 12.0. The summed E-state index contributed by atoms with van der Waals surface area (Å²) in [5.74, 6) is 0. The molecule has 0 saturated carbocycles. The highest BCUT2D eigenvalue weighted by Gasteiger charge is 2.21. The molecule has 0 unspecified atom stereocenters. The Labute approximate surface area is 326 Å². The van der Waals surface area contributed by atoms with Gasteiger partial charge in [-0.25, -0.2) is 0 Å². The number of rotatable bonds is 4. The van der Waals surface area contributed by atoms with Crippen LogP contribution in [0.3, 0.4) is 0 Å². The molecule has 57 heavy (non-hydrogen) atoms. The average Bonchev–Trinajstić information content (AvgIpc) is 3.91. The molecule has 0 saturated heterocycles. The lowest BCUT2D eigenvalue weighted by Crippen LogP contribution is -2.01. The maximum absolute atomic E-state index is 10.8. The minimum atomic E-state index is 0.482. The van der Waals surface area contributed by atoms with E-state index < -0.39 is 0 Å². The van der Waals surface area contributed by atoms with E-state index in [1.807, 2.05) is 66.7 Å². The first-order valence-electron chi connectivity index (χ1n) is 18.7. The lowest BCUT2D eigenvalue weighted by Gasteiger charge is -2.17. The van der Waals surface area contributed by atoms with Gasteiger partial charge in [-0.05, 0) is 84.9 Å². The van der Waals surface area contributed by atoms with E-state index in [2.05, 4.69) is 135 Å². The summed E-state index contributed by atoms with van der Waals surface area (Å²) in [4.78, 5) is 0. The van der Waals surface area contributed by atoms with Crippen LogP contribution < -0.4 is 0 Å². The molecule has 0 N–H and O–H groups in total. The second-order valence-corrected chi connectivity index (χ2v) is 14.3. The van der Waals surface area contributed by atoms with E-state index in [9.17, 15) is 15.8 Å². The number of fused-ring (bicyclic) bond motifs is 9. The van der Waals surface area contributed by atoms with Gasteiger partial charge in [0.25, 0.3) is 0 Å². The van der Waals surface area contributed by atoms with E-state index in [-0.39, 0.29) is 0 Å². The molecule has 262 valence electrons. The van der Waals surface area contributed by atoms with Gasteiger partial charge in [0.1, 0.15) is 0 Å². The van der Waals surface area contributed by atoms with Crippen LogP contribution in [0.5, 0.6) is 0 Å². The quantitative estimate of drug-likeness (QED) is 0.181. The topological polar surface area (TPSA) is 86.2 Å². The van der Waals surface area contributed by atoms with Gasteiger partial charge >= 0.3 is 0 Å². The van der Waals surface area contributed by atoms with E-state index in [1.54, 1.807) is 0 Å². The van der Waals surface area contributed by atoms with Crippen molar-refractivity contribution in [3.8, 4) is 46.4 Å². The van der Waals surface area contributed by atoms with Crippen LogP contribution in [-0.4, -0.2) is 13.7 Å². The lowest BCUT2D eigenvalue weighted by molar-refractivity contribution is 1.15. The number of benzene rings is 8. The third-order valence-corrected chi connectivity index (χ3v) is 11.3. The molecule has 3 heterocycles. The summed E-state index contributed by atoms with van der Waals surface area (Å²) in [6, 6.07) is 64.8. The number of nitrogens with zero attached hydrogens (tertiary/aromatic N) is 6. The summed E-state index contributed by atoms with van der Waals surface area (Å²) in [6.45, 7) is 0. The molecular weight excluding hydrogens is 697 g/mol. The molecule has 0 radical (unpaired) electrons. The Balaban J connectivity index is 1.16. The fourth-order valence-electron chi connectivity index (χ4n) is 8.89. The van der Waals surface area contributed by atoms with Crippen LogP contribution in [0, 0.1) is 34.0 Å². The van der Waals surface area contributed by atoms with E-state index in [4.69, 9.17) is 0 Å². The molecule has 8 aromatic carbocycles. The standard InChI is InChI=1S/C51H28N6/c52-29-32-18-24-50(43(25-32)37-21-19-35(27-34(37)31-54)55-47-15-7-4-12-41(47)44-26-33(30-53)17-23-49(44)55)57-48-16-8-3-11-40(48)42-22-20-36(28-51(42)57)56-45-13-5-1-9-38(45)39-10-2-6-14-46(39)56/h1-28H. The zero-order chi connectivity index (χ0) is 38.2. The van der Waals surface area contributed by atoms with Crippen molar-refractivity contribution >= 4 is 65.4 Å². The summed E-state index contributed by atoms with van der Waals surface area (Å²) in [6.07, 6.45) is 0. The molecule has 0 fully saturated rings. The molecule has 0 spiro atoms. The third-order valence-electron chi connectivity index (χ3n) is 11.3. The Kier molecular flexibility index (Phi) is 6.95. The van der Waals surface area contributed by atoms with Crippen LogP contribution in [0.2, 0.25) is 0 Å². The zero-order valence-corrected chi connectivity index (χ0v) is 30.3. The van der Waals surface area contributed by atoms with Crippen molar-refractivity contribution < 1.29 is 0 Å². The smallest absolute Gasteiger partial charge is 0.0998 e. The Hall–Kier alpha value is -8.37. The minimum Gasteiger partial charge on any atom is -0.309 e. The predicted molar refractivity (Wildman–Crippen MR) is 229 cm³/mol. The van der Waals surface area contributed by atoms with Gasteiger partial charge in [0, 0.05) is 54.8 Å². The fraction of sp³-hybridized carbons (Fsp3) is 0. The normalized spacial score (nSPS) is 11.5. The first-order chi connectivity index (χ1) is 28.1. The molecule has 11 rings (SSSR count). The van der Waals surface area contributed by atoms with Crippen molar-refractivity contribution in [1.29, 1.82) is 15.8 Å². The molecule has 0 aliphatic carbocycles. The number of hydrogen-bond donors (Lipinski definition) is 0. The van der Waals surface area contributed by atoms with Crippen molar-refractivity contribution in [2.45, 2.75) is 0 Å². The number of aromatic nitrogens is 3. The van der Waals surface area contributed by atoms with E-state index >= 15 is 0 Å². The van der Waals surface area contributed by atoms with Crippen LogP contribution in [0.4, 0.5) is 0 Å². The SMILES string of the molecule is N#Cc1ccc(-n2c3ccccc3c3ccc(-n4c5ccccc5c5ccccc54)cc32)c(-c2ccc(-n3c4ccccc4c4cc(C#N)ccc43)cc2C#N)c1. The summed E-state index contributed by atoms with van der Waals surface area (Å²) in [7, 11) is 0. The largest absolute Gasteiger partial charge is 0.309 e. The number of hydrogen-bond acceptors (Lipinski definition) is 3. The molecule has 11 aromatic rings. The van der Waals surface area contributed by atoms with Crippen molar-refractivity contribution in [1.82, 2.24) is 13.7 Å². The maximum Gasteiger partial charge on any atom is 0.0998 e. The van der Waals surface area contributed by atoms with Crippen LogP contribution in [0.15, 0.2) is 170 Å². The van der Waals surface area contributed by atoms with Gasteiger partial charge in [-0.2, -0.15) is 15.8 Å². The predicted octanol–water partition coefficient (Wildman–Crippen LogP) is 12.3. The Bertz CT molecular complexity index is 3580. The van der Waals surface area contributed by atoms with Crippen LogP contribution in [-0.2, 0) is 0 Å². The molecule has 0 bridgehead atoms. The van der Waals surface area contributed by atoms with Gasteiger partial charge < -0.3 is 13.7 Å². The van der Waals surface area contributed by atoms with Crippen molar-refractivity contribution in [2.75, 3.05) is 0 Å². The minimum absolute atomic E-state index is 0.482. The summed E-state index contributed by atoms with van der Waals surface area (Å²) in [5, 5.41) is 37.3. The molecule has 3 aromatic heterocycles. The first kappa shape index (κ1) is 32.1. The number of nitriles is 3. The Morgan fingerprint density at radius 2 is 0.789 bits per heavy atom.